The minimum atomic E-state index is -3.13. The zero-order chi connectivity index (χ0) is 26.2. The summed E-state index contributed by atoms with van der Waals surface area (Å²) < 4.78 is 41.4. The first-order valence-corrected chi connectivity index (χ1v) is 12.8. The lowest BCUT2D eigenvalue weighted by atomic mass is 9.97. The molecule has 2 atom stereocenters. The molecule has 200 valence electrons. The third-order valence-electron chi connectivity index (χ3n) is 7.11. The van der Waals surface area contributed by atoms with Gasteiger partial charge in [-0.3, -0.25) is 0 Å². The zero-order valence-electron chi connectivity index (χ0n) is 20.9. The molecule has 1 aromatic heterocycles. The number of benzene rings is 1. The Labute approximate surface area is 219 Å². The number of rotatable bonds is 5. The first-order valence-electron chi connectivity index (χ1n) is 12.4. The van der Waals surface area contributed by atoms with Crippen LogP contribution >= 0.6 is 11.6 Å². The van der Waals surface area contributed by atoms with Crippen molar-refractivity contribution >= 4 is 23.4 Å². The summed E-state index contributed by atoms with van der Waals surface area (Å²) in [6.45, 7) is 5.73. The number of ether oxygens (including phenoxy) is 2. The molecular weight excluding hydrogens is 506 g/mol. The van der Waals surface area contributed by atoms with Crippen molar-refractivity contribution in [1.82, 2.24) is 24.7 Å². The highest BCUT2D eigenvalue weighted by Crippen LogP contribution is 2.37. The molecule has 37 heavy (non-hydrogen) atoms. The highest BCUT2D eigenvalue weighted by atomic mass is 35.5. The summed E-state index contributed by atoms with van der Waals surface area (Å²) in [6.07, 6.45) is -1.20. The zero-order valence-corrected chi connectivity index (χ0v) is 21.7. The fourth-order valence-corrected chi connectivity index (χ4v) is 5.11. The molecule has 0 spiro atoms. The van der Waals surface area contributed by atoms with Crippen molar-refractivity contribution < 1.29 is 23.0 Å². The van der Waals surface area contributed by atoms with Gasteiger partial charge < -0.3 is 29.5 Å². The van der Waals surface area contributed by atoms with Gasteiger partial charge in [0.2, 0.25) is 5.28 Å². The number of carbonyl (C=O) groups is 1. The van der Waals surface area contributed by atoms with E-state index in [2.05, 4.69) is 15.3 Å². The van der Waals surface area contributed by atoms with Gasteiger partial charge in [0.1, 0.15) is 11.9 Å². The number of nitrogens with zero attached hydrogens (tertiary/aromatic N) is 5. The maximum atomic E-state index is 15.3. The molecule has 3 aliphatic heterocycles. The van der Waals surface area contributed by atoms with Crippen molar-refractivity contribution in [3.63, 3.8) is 0 Å². The molecule has 2 amide bonds. The molecule has 0 radical (unpaired) electrons. The number of hydrogen-bond acceptors (Lipinski definition) is 7. The molecule has 0 bridgehead atoms. The van der Waals surface area contributed by atoms with E-state index in [0.717, 1.165) is 5.56 Å². The van der Waals surface area contributed by atoms with Gasteiger partial charge in [-0.1, -0.05) is 18.2 Å². The van der Waals surface area contributed by atoms with Crippen molar-refractivity contribution in [2.24, 2.45) is 0 Å². The van der Waals surface area contributed by atoms with Gasteiger partial charge in [-0.15, -0.1) is 0 Å². The van der Waals surface area contributed by atoms with Crippen molar-refractivity contribution in [3.8, 4) is 0 Å². The molecule has 9 nitrogen and oxygen atoms in total. The fraction of sp³-hybridized carbons (Fsp3) is 0.560. The summed E-state index contributed by atoms with van der Waals surface area (Å²) in [4.78, 5) is 27.0. The number of hydrogen-bond donors (Lipinski definition) is 1. The number of halogens is 3. The molecule has 3 aliphatic rings. The Morgan fingerprint density at radius 1 is 1.16 bits per heavy atom. The van der Waals surface area contributed by atoms with Crippen LogP contribution in [0.3, 0.4) is 0 Å². The van der Waals surface area contributed by atoms with Crippen LogP contribution < -0.4 is 5.32 Å². The second kappa shape index (κ2) is 10.6. The average molecular weight is 537 g/mol. The molecule has 0 aliphatic carbocycles. The molecular formula is C25H31ClF2N6O3. The average Bonchev–Trinajstić information content (AvgIpc) is 3.33. The third-order valence-corrected chi connectivity index (χ3v) is 7.27. The molecule has 1 unspecified atom stereocenters. The maximum Gasteiger partial charge on any atom is 0.320 e. The molecule has 1 aromatic carbocycles. The summed E-state index contributed by atoms with van der Waals surface area (Å²) in [7, 11) is 1.81. The van der Waals surface area contributed by atoms with Crippen LogP contribution in [0.15, 0.2) is 24.3 Å². The maximum absolute atomic E-state index is 15.3. The Balaban J connectivity index is 1.32. The van der Waals surface area contributed by atoms with E-state index in [1.165, 1.54) is 12.1 Å². The molecule has 2 fully saturated rings. The van der Waals surface area contributed by atoms with Crippen molar-refractivity contribution in [2.75, 3.05) is 58.4 Å². The number of anilines is 1. The number of fused-ring (bicyclic) bond motifs is 1. The van der Waals surface area contributed by atoms with Gasteiger partial charge >= 0.3 is 6.03 Å². The largest absolute Gasteiger partial charge is 0.378 e. The van der Waals surface area contributed by atoms with E-state index in [1.807, 2.05) is 18.9 Å². The predicted molar refractivity (Wildman–Crippen MR) is 134 cm³/mol. The summed E-state index contributed by atoms with van der Waals surface area (Å²) >= 11 is 6.21. The highest BCUT2D eigenvalue weighted by Gasteiger charge is 2.44. The van der Waals surface area contributed by atoms with Crippen molar-refractivity contribution in [2.45, 2.75) is 38.1 Å². The van der Waals surface area contributed by atoms with Gasteiger partial charge in [-0.2, -0.15) is 8.78 Å². The minimum absolute atomic E-state index is 0.0629. The number of nitrogens with one attached hydrogen (secondary N) is 1. The number of alkyl halides is 2. The van der Waals surface area contributed by atoms with Crippen LogP contribution in [-0.2, 0) is 28.5 Å². The first kappa shape index (κ1) is 26.0. The quantitative estimate of drug-likeness (QED) is 0.586. The molecule has 12 heteroatoms. The molecule has 2 aromatic rings. The van der Waals surface area contributed by atoms with Gasteiger partial charge in [-0.25, -0.2) is 14.8 Å². The summed E-state index contributed by atoms with van der Waals surface area (Å²) in [5.41, 5.74) is 2.03. The van der Waals surface area contributed by atoms with E-state index in [0.29, 0.717) is 63.0 Å². The first-order chi connectivity index (χ1) is 17.7. The van der Waals surface area contributed by atoms with Crippen LogP contribution in [0.25, 0.3) is 0 Å². The van der Waals surface area contributed by atoms with Crippen LogP contribution in [0, 0.1) is 0 Å². The van der Waals surface area contributed by atoms with Gasteiger partial charge in [0.25, 0.3) is 5.92 Å². The van der Waals surface area contributed by atoms with Crippen molar-refractivity contribution in [1.29, 1.82) is 0 Å². The van der Waals surface area contributed by atoms with Crippen LogP contribution in [0.2, 0.25) is 5.28 Å². The Morgan fingerprint density at radius 2 is 1.95 bits per heavy atom. The monoisotopic (exact) mass is 536 g/mol. The fourth-order valence-electron chi connectivity index (χ4n) is 4.92. The van der Waals surface area contributed by atoms with E-state index < -0.39 is 12.0 Å². The van der Waals surface area contributed by atoms with Gasteiger partial charge in [-0.05, 0) is 37.2 Å². The lowest BCUT2D eigenvalue weighted by Crippen LogP contribution is -2.48. The van der Waals surface area contributed by atoms with Gasteiger partial charge in [0.05, 0.1) is 38.6 Å². The highest BCUT2D eigenvalue weighted by molar-refractivity contribution is 6.28. The second-order valence-corrected chi connectivity index (χ2v) is 10.1. The number of aromatic nitrogens is 2. The van der Waals surface area contributed by atoms with Crippen LogP contribution in [0.1, 0.15) is 35.3 Å². The predicted octanol–water partition coefficient (Wildman–Crippen LogP) is 3.49. The number of urea groups is 1. The normalized spacial score (nSPS) is 21.6. The number of likely N-dealkylation sites (N-methyl/N-ethyl adjacent to an activating group) is 1. The van der Waals surface area contributed by atoms with Gasteiger partial charge in [0, 0.05) is 43.3 Å². The molecule has 0 saturated carbocycles. The molecule has 5 rings (SSSR count). The smallest absolute Gasteiger partial charge is 0.320 e. The minimum Gasteiger partial charge on any atom is -0.378 e. The van der Waals surface area contributed by atoms with Crippen LogP contribution in [-0.4, -0.2) is 89.9 Å². The number of morpholine rings is 2. The van der Waals surface area contributed by atoms with E-state index >= 15 is 8.78 Å². The topological polar surface area (TPSA) is 83.1 Å². The lowest BCUT2D eigenvalue weighted by Gasteiger charge is -2.35. The SMILES string of the molecule is C[C@@H](Nc1nc(Cl)nc2c1CN(C(=O)N1CCOCC1)C2)c1cccc(C(F)(F)C2CN(C)CCO2)c1. The number of amides is 2. The van der Waals surface area contributed by atoms with Gasteiger partial charge in [0.15, 0.2) is 0 Å². The number of carbonyl (C=O) groups excluding carboxylic acids is 1. The van der Waals surface area contributed by atoms with E-state index in [4.69, 9.17) is 21.1 Å². The second-order valence-electron chi connectivity index (χ2n) is 9.74. The van der Waals surface area contributed by atoms with E-state index in [1.54, 1.807) is 21.9 Å². The van der Waals surface area contributed by atoms with Crippen molar-refractivity contribution in [3.05, 3.63) is 51.9 Å². The lowest BCUT2D eigenvalue weighted by molar-refractivity contribution is -0.169. The molecule has 1 N–H and O–H groups in total. The van der Waals surface area contributed by atoms with E-state index in [-0.39, 0.29) is 36.1 Å². The Hall–Kier alpha value is -2.60. The molecule has 4 heterocycles. The summed E-state index contributed by atoms with van der Waals surface area (Å²) in [5.74, 6) is -2.64. The summed E-state index contributed by atoms with van der Waals surface area (Å²) in [6, 6.07) is 5.92. The third kappa shape index (κ3) is 5.50. The van der Waals surface area contributed by atoms with Crippen LogP contribution in [0.4, 0.5) is 19.4 Å². The Bertz CT molecular complexity index is 1150. The standard InChI is InChI=1S/C25H31ClF2N6O3/c1-16(17-4-3-5-18(12-17)25(27,28)21-15-32(2)6-11-37-21)29-22-19-13-34(14-20(19)30-23(26)31-22)24(35)33-7-9-36-10-8-33/h3-5,12,16,21H,6-11,13-15H2,1-2H3,(H,29,30,31)/t16-,21?/m1/s1. The van der Waals surface area contributed by atoms with Crippen LogP contribution in [0.5, 0.6) is 0 Å². The Morgan fingerprint density at radius 3 is 2.70 bits per heavy atom. The molecule has 2 saturated heterocycles. The Kier molecular flexibility index (Phi) is 7.49. The van der Waals surface area contributed by atoms with E-state index in [9.17, 15) is 4.79 Å². The summed E-state index contributed by atoms with van der Waals surface area (Å²) in [5, 5.41) is 3.38.